The van der Waals surface area contributed by atoms with Gasteiger partial charge >= 0.3 is 0 Å². The van der Waals surface area contributed by atoms with Gasteiger partial charge in [-0.05, 0) is 48.4 Å². The van der Waals surface area contributed by atoms with Crippen LogP contribution in [0.1, 0.15) is 5.56 Å². The molecule has 0 aliphatic rings. The minimum atomic E-state index is 0.740. The zero-order chi connectivity index (χ0) is 19.6. The summed E-state index contributed by atoms with van der Waals surface area (Å²) in [4.78, 5) is 12.3. The van der Waals surface area contributed by atoms with E-state index >= 15 is 0 Å². The second kappa shape index (κ2) is 7.27. The Kier molecular flexibility index (Phi) is 4.32. The van der Waals surface area contributed by atoms with Crippen molar-refractivity contribution in [2.75, 3.05) is 19.0 Å². The van der Waals surface area contributed by atoms with Gasteiger partial charge in [0.25, 0.3) is 0 Å². The van der Waals surface area contributed by atoms with E-state index in [1.165, 1.54) is 5.56 Å². The summed E-state index contributed by atoms with van der Waals surface area (Å²) in [5, 5.41) is 12.0. The first-order valence-corrected chi connectivity index (χ1v) is 9.45. The molecule has 5 rings (SSSR count). The quantitative estimate of drug-likeness (QED) is 0.409. The van der Waals surface area contributed by atoms with Gasteiger partial charge in [-0.25, -0.2) is 4.98 Å². The number of benzene rings is 2. The molecule has 0 saturated carbocycles. The highest BCUT2D eigenvalue weighted by molar-refractivity contribution is 5.94. The fourth-order valence-corrected chi connectivity index (χ4v) is 3.44. The summed E-state index contributed by atoms with van der Waals surface area (Å²) < 4.78 is 5.28. The molecule has 0 bridgehead atoms. The van der Waals surface area contributed by atoms with Gasteiger partial charge in [0.05, 0.1) is 23.7 Å². The molecule has 3 heterocycles. The number of hydrogen-bond donors (Lipinski definition) is 3. The fourth-order valence-electron chi connectivity index (χ4n) is 3.44. The Bertz CT molecular complexity index is 1270. The van der Waals surface area contributed by atoms with Gasteiger partial charge in [0.1, 0.15) is 11.4 Å². The zero-order valence-electron chi connectivity index (χ0n) is 15.9. The molecule has 3 aromatic heterocycles. The van der Waals surface area contributed by atoms with Gasteiger partial charge in [0.2, 0.25) is 0 Å². The Morgan fingerprint density at radius 1 is 1.07 bits per heavy atom. The van der Waals surface area contributed by atoms with E-state index in [1.54, 1.807) is 13.3 Å². The molecular weight excluding hydrogens is 364 g/mol. The van der Waals surface area contributed by atoms with E-state index in [0.717, 1.165) is 57.9 Å². The van der Waals surface area contributed by atoms with E-state index in [2.05, 4.69) is 37.6 Å². The van der Waals surface area contributed by atoms with Crippen LogP contribution in [0.4, 0.5) is 5.69 Å². The summed E-state index contributed by atoms with van der Waals surface area (Å²) in [5.74, 6) is 1.53. The molecule has 144 valence electrons. The molecule has 7 nitrogen and oxygen atoms in total. The molecule has 0 radical (unpaired) electrons. The summed E-state index contributed by atoms with van der Waals surface area (Å²) in [6.45, 7) is 0.837. The van der Waals surface area contributed by atoms with Crippen molar-refractivity contribution in [2.24, 2.45) is 0 Å². The highest BCUT2D eigenvalue weighted by Crippen LogP contribution is 2.29. The van der Waals surface area contributed by atoms with E-state index in [1.807, 2.05) is 42.6 Å². The predicted octanol–water partition coefficient (Wildman–Crippen LogP) is 4.16. The topological polar surface area (TPSA) is 91.5 Å². The molecule has 0 unspecified atom stereocenters. The number of aromatic amines is 2. The monoisotopic (exact) mass is 384 g/mol. The van der Waals surface area contributed by atoms with Crippen LogP contribution in [0.5, 0.6) is 5.75 Å². The van der Waals surface area contributed by atoms with Crippen molar-refractivity contribution in [2.45, 2.75) is 6.42 Å². The van der Waals surface area contributed by atoms with Gasteiger partial charge in [-0.15, -0.1) is 0 Å². The maximum atomic E-state index is 5.28. The largest absolute Gasteiger partial charge is 0.497 e. The van der Waals surface area contributed by atoms with Gasteiger partial charge in [-0.2, -0.15) is 5.10 Å². The number of aromatic nitrogens is 5. The third-order valence-corrected chi connectivity index (χ3v) is 4.94. The molecular formula is C22H20N6O. The molecule has 5 aromatic rings. The van der Waals surface area contributed by atoms with Crippen LogP contribution in [-0.4, -0.2) is 38.8 Å². The van der Waals surface area contributed by atoms with E-state index in [0.29, 0.717) is 0 Å². The van der Waals surface area contributed by atoms with E-state index < -0.39 is 0 Å². The average Bonchev–Trinajstić information content (AvgIpc) is 3.37. The average molecular weight is 384 g/mol. The second-order valence-corrected chi connectivity index (χ2v) is 6.84. The lowest BCUT2D eigenvalue weighted by atomic mass is 10.2. The Morgan fingerprint density at radius 3 is 2.90 bits per heavy atom. The van der Waals surface area contributed by atoms with Gasteiger partial charge in [0, 0.05) is 36.1 Å². The van der Waals surface area contributed by atoms with Crippen molar-refractivity contribution in [3.63, 3.8) is 0 Å². The summed E-state index contributed by atoms with van der Waals surface area (Å²) >= 11 is 0. The Morgan fingerprint density at radius 2 is 2.03 bits per heavy atom. The molecule has 29 heavy (non-hydrogen) atoms. The zero-order valence-corrected chi connectivity index (χ0v) is 15.9. The minimum absolute atomic E-state index is 0.740. The number of pyridine rings is 1. The van der Waals surface area contributed by atoms with Gasteiger partial charge < -0.3 is 15.0 Å². The third-order valence-electron chi connectivity index (χ3n) is 4.94. The maximum Gasteiger partial charge on any atom is 0.159 e. The molecule has 0 saturated heterocycles. The number of fused-ring (bicyclic) bond motifs is 2. The Labute approximate surface area is 167 Å². The van der Waals surface area contributed by atoms with Crippen LogP contribution in [0, 0.1) is 0 Å². The number of rotatable bonds is 6. The molecule has 0 spiro atoms. The number of nitrogens with one attached hydrogen (secondary N) is 3. The molecule has 2 aromatic carbocycles. The highest BCUT2D eigenvalue weighted by Gasteiger charge is 2.13. The molecule has 3 N–H and O–H groups in total. The maximum absolute atomic E-state index is 5.28. The van der Waals surface area contributed by atoms with Crippen LogP contribution >= 0.6 is 0 Å². The van der Waals surface area contributed by atoms with Crippen molar-refractivity contribution in [1.29, 1.82) is 0 Å². The smallest absolute Gasteiger partial charge is 0.159 e. The number of anilines is 1. The van der Waals surface area contributed by atoms with Crippen LogP contribution in [0.2, 0.25) is 0 Å². The number of H-pyrrole nitrogens is 2. The number of imidazole rings is 1. The summed E-state index contributed by atoms with van der Waals surface area (Å²) in [7, 11) is 1.65. The van der Waals surface area contributed by atoms with E-state index in [9.17, 15) is 0 Å². The normalized spacial score (nSPS) is 11.2. The van der Waals surface area contributed by atoms with Crippen molar-refractivity contribution in [3.8, 4) is 17.3 Å². The summed E-state index contributed by atoms with van der Waals surface area (Å²) in [5.41, 5.74) is 5.85. The van der Waals surface area contributed by atoms with Crippen LogP contribution in [0.25, 0.3) is 33.5 Å². The van der Waals surface area contributed by atoms with Gasteiger partial charge in [-0.3, -0.25) is 10.1 Å². The van der Waals surface area contributed by atoms with Crippen LogP contribution < -0.4 is 10.1 Å². The SMILES string of the molecule is COc1ccc2c(-c3nc4ccc(NCCc5cccnc5)cc4[nH]3)n[nH]c2c1. The molecule has 0 amide bonds. The Balaban J connectivity index is 1.38. The van der Waals surface area contributed by atoms with Crippen molar-refractivity contribution in [3.05, 3.63) is 66.5 Å². The van der Waals surface area contributed by atoms with E-state index in [4.69, 9.17) is 9.72 Å². The Hall–Kier alpha value is -3.87. The predicted molar refractivity (Wildman–Crippen MR) is 114 cm³/mol. The number of nitrogens with zero attached hydrogens (tertiary/aromatic N) is 3. The standard InChI is InChI=1S/C22H20N6O/c1-29-16-5-6-17-19(12-16)27-28-21(17)22-25-18-7-4-15(11-20(18)26-22)24-10-8-14-3-2-9-23-13-14/h2-7,9,11-13,24H,8,10H2,1H3,(H,25,26)(H,27,28). The lowest BCUT2D eigenvalue weighted by Gasteiger charge is -2.06. The van der Waals surface area contributed by atoms with Crippen molar-refractivity contribution < 1.29 is 4.74 Å². The van der Waals surface area contributed by atoms with Crippen molar-refractivity contribution >= 4 is 27.6 Å². The third kappa shape index (κ3) is 3.38. The lowest BCUT2D eigenvalue weighted by Crippen LogP contribution is -2.04. The first-order valence-electron chi connectivity index (χ1n) is 9.45. The second-order valence-electron chi connectivity index (χ2n) is 6.84. The van der Waals surface area contributed by atoms with Crippen LogP contribution in [0.3, 0.4) is 0 Å². The van der Waals surface area contributed by atoms with Gasteiger partial charge in [0.15, 0.2) is 5.82 Å². The fraction of sp³-hybridized carbons (Fsp3) is 0.136. The van der Waals surface area contributed by atoms with Gasteiger partial charge in [-0.1, -0.05) is 6.07 Å². The molecule has 7 heteroatoms. The molecule has 0 atom stereocenters. The molecule has 0 fully saturated rings. The first-order chi connectivity index (χ1) is 14.3. The van der Waals surface area contributed by atoms with Crippen molar-refractivity contribution in [1.82, 2.24) is 25.1 Å². The number of methoxy groups -OCH3 is 1. The first kappa shape index (κ1) is 17.2. The number of hydrogen-bond acceptors (Lipinski definition) is 5. The molecule has 0 aliphatic heterocycles. The lowest BCUT2D eigenvalue weighted by molar-refractivity contribution is 0.415. The van der Waals surface area contributed by atoms with Crippen LogP contribution in [0.15, 0.2) is 60.9 Å². The van der Waals surface area contributed by atoms with Crippen LogP contribution in [-0.2, 0) is 6.42 Å². The minimum Gasteiger partial charge on any atom is -0.497 e. The highest BCUT2D eigenvalue weighted by atomic mass is 16.5. The summed E-state index contributed by atoms with van der Waals surface area (Å²) in [6, 6.07) is 16.0. The van der Waals surface area contributed by atoms with E-state index in [-0.39, 0.29) is 0 Å². The molecule has 0 aliphatic carbocycles. The summed E-state index contributed by atoms with van der Waals surface area (Å²) in [6.07, 6.45) is 4.61. The number of ether oxygens (including phenoxy) is 1.